The molecule has 5 amide bonds. The second-order valence-electron chi connectivity index (χ2n) is 19.0. The van der Waals surface area contributed by atoms with Crippen molar-refractivity contribution in [3.8, 4) is 0 Å². The molecule has 2 saturated carbocycles. The zero-order chi connectivity index (χ0) is 56.8. The summed E-state index contributed by atoms with van der Waals surface area (Å²) in [6.07, 6.45) is -5.16. The molecular formula is C52H49Cl5F6N6O8. The van der Waals surface area contributed by atoms with Crippen LogP contribution in [0.2, 0.25) is 20.1 Å². The highest BCUT2D eigenvalue weighted by atomic mass is 35.5. The molecule has 77 heavy (non-hydrogen) atoms. The molecule has 8 rings (SSSR count). The van der Waals surface area contributed by atoms with Crippen molar-refractivity contribution in [2.24, 2.45) is 22.1 Å². The molecule has 0 bridgehead atoms. The van der Waals surface area contributed by atoms with Gasteiger partial charge in [-0.15, -0.1) is 0 Å². The third-order valence-electron chi connectivity index (χ3n) is 12.3. The van der Waals surface area contributed by atoms with Crippen molar-refractivity contribution in [1.29, 1.82) is 0 Å². The topological polar surface area (TPSA) is 185 Å². The Bertz CT molecular complexity index is 2980. The van der Waals surface area contributed by atoms with Gasteiger partial charge in [-0.1, -0.05) is 68.8 Å². The molecule has 14 nitrogen and oxygen atoms in total. The first-order valence-electron chi connectivity index (χ1n) is 23.6. The average molecular weight is 1180 g/mol. The van der Waals surface area contributed by atoms with Crippen LogP contribution >= 0.6 is 58.0 Å². The smallest absolute Gasteiger partial charge is 0.384 e. The van der Waals surface area contributed by atoms with E-state index >= 15 is 0 Å². The summed E-state index contributed by atoms with van der Waals surface area (Å²) >= 11 is 29.5. The summed E-state index contributed by atoms with van der Waals surface area (Å²) in [5.74, 6) is -4.11. The van der Waals surface area contributed by atoms with Gasteiger partial charge >= 0.3 is 12.4 Å². The Balaban J connectivity index is 0.000000226. The van der Waals surface area contributed by atoms with E-state index < -0.39 is 85.2 Å². The molecule has 2 fully saturated rings. The molecule has 0 radical (unpaired) electrons. The normalized spacial score (nSPS) is 18.6. The second kappa shape index (κ2) is 24.8. The Hall–Kier alpha value is -5.93. The number of hydrogen-bond acceptors (Lipinski definition) is 10. The van der Waals surface area contributed by atoms with Gasteiger partial charge in [-0.2, -0.15) is 26.3 Å². The van der Waals surface area contributed by atoms with Crippen molar-refractivity contribution < 1.29 is 64.8 Å². The number of imide groups is 1. The molecule has 2 aliphatic carbocycles. The van der Waals surface area contributed by atoms with Crippen molar-refractivity contribution in [3.05, 3.63) is 137 Å². The first-order valence-corrected chi connectivity index (χ1v) is 25.5. The van der Waals surface area contributed by atoms with Gasteiger partial charge in [-0.25, -0.2) is 0 Å². The van der Waals surface area contributed by atoms with Gasteiger partial charge in [0.25, 0.3) is 11.8 Å². The van der Waals surface area contributed by atoms with Crippen molar-refractivity contribution >= 4 is 104 Å². The van der Waals surface area contributed by atoms with Crippen LogP contribution in [0.25, 0.3) is 0 Å². The summed E-state index contributed by atoms with van der Waals surface area (Å²) < 4.78 is 73.9. The second-order valence-corrected chi connectivity index (χ2v) is 21.1. The first-order chi connectivity index (χ1) is 35.9. The van der Waals surface area contributed by atoms with Crippen molar-refractivity contribution in [1.82, 2.24) is 20.9 Å². The van der Waals surface area contributed by atoms with E-state index in [4.69, 9.17) is 67.7 Å². The highest BCUT2D eigenvalue weighted by Crippen LogP contribution is 2.40. The highest BCUT2D eigenvalue weighted by molar-refractivity contribution is 6.64. The molecule has 0 aromatic heterocycles. The molecule has 25 heteroatoms. The number of amides is 5. The van der Waals surface area contributed by atoms with Crippen molar-refractivity contribution in [2.75, 3.05) is 26.2 Å². The Kier molecular flexibility index (Phi) is 19.4. The minimum Gasteiger partial charge on any atom is -0.384 e. The van der Waals surface area contributed by atoms with E-state index in [0.29, 0.717) is 73.9 Å². The Morgan fingerprint density at radius 1 is 0.610 bits per heavy atom. The molecule has 4 aliphatic rings. The van der Waals surface area contributed by atoms with E-state index in [9.17, 15) is 55.1 Å². The quantitative estimate of drug-likeness (QED) is 0.0632. The monoisotopic (exact) mass is 1170 g/mol. The van der Waals surface area contributed by atoms with Crippen LogP contribution < -0.4 is 16.0 Å². The van der Waals surface area contributed by atoms with Crippen LogP contribution in [0.3, 0.4) is 0 Å². The van der Waals surface area contributed by atoms with E-state index in [1.54, 1.807) is 91.2 Å². The van der Waals surface area contributed by atoms with Gasteiger partial charge < -0.3 is 25.6 Å². The lowest BCUT2D eigenvalue weighted by molar-refractivity contribution is -0.141. The summed E-state index contributed by atoms with van der Waals surface area (Å²) in [6.45, 7) is 2.69. The number of carbonyl (C=O) groups is 6. The number of carbonyl (C=O) groups excluding carboxylic acids is 6. The zero-order valence-electron chi connectivity index (χ0n) is 41.4. The SMILES string of the molecule is Cc1cc(C2=NOC(C)(c3cc(Cl)cc(Cl)c3)C2)ccc1C(=O)N(CC(=O)NCC(F)(F)F)C(=O)C1CC1.Cc1cc(C2=NOC(C)(c3cc(Cl)cc(Cl)c3)C2)ccc1C(=O)NCC(=O)NCC(F)(F)F.O=C(Cl)C1CC1. The summed E-state index contributed by atoms with van der Waals surface area (Å²) in [5.41, 5.74) is 4.16. The third-order valence-corrected chi connectivity index (χ3v) is 13.5. The largest absolute Gasteiger partial charge is 0.405 e. The number of nitrogens with one attached hydrogen (secondary N) is 3. The molecule has 412 valence electrons. The molecule has 3 N–H and O–H groups in total. The number of oxime groups is 2. The van der Waals surface area contributed by atoms with Crippen LogP contribution in [0.4, 0.5) is 26.3 Å². The predicted octanol–water partition coefficient (Wildman–Crippen LogP) is 11.3. The molecule has 2 aliphatic heterocycles. The Morgan fingerprint density at radius 2 is 1.03 bits per heavy atom. The van der Waals surface area contributed by atoms with Gasteiger partial charge in [0.15, 0.2) is 11.2 Å². The molecular weight excluding hydrogens is 1130 g/mol. The number of rotatable bonds is 14. The molecule has 0 spiro atoms. The maximum Gasteiger partial charge on any atom is 0.405 e. The fourth-order valence-electron chi connectivity index (χ4n) is 7.77. The minimum absolute atomic E-state index is 0.148. The molecule has 2 unspecified atom stereocenters. The van der Waals surface area contributed by atoms with Crippen LogP contribution in [0.5, 0.6) is 0 Å². The summed E-state index contributed by atoms with van der Waals surface area (Å²) in [4.78, 5) is 84.1. The number of nitrogens with zero attached hydrogens (tertiary/aromatic N) is 3. The first kappa shape index (κ1) is 60.3. The fraction of sp³-hybridized carbons (Fsp3) is 0.385. The lowest BCUT2D eigenvalue weighted by atomic mass is 9.88. The molecule has 0 saturated heterocycles. The van der Waals surface area contributed by atoms with Crippen LogP contribution in [0.15, 0.2) is 83.1 Å². The van der Waals surface area contributed by atoms with Crippen molar-refractivity contribution in [3.63, 3.8) is 0 Å². The van der Waals surface area contributed by atoms with Crippen LogP contribution in [0, 0.1) is 25.7 Å². The van der Waals surface area contributed by atoms with Crippen molar-refractivity contribution in [2.45, 2.75) is 89.8 Å². The van der Waals surface area contributed by atoms with E-state index in [1.165, 1.54) is 6.07 Å². The van der Waals surface area contributed by atoms with Crippen LogP contribution in [-0.2, 0) is 40.1 Å². The number of aryl methyl sites for hydroxylation is 2. The lowest BCUT2D eigenvalue weighted by Crippen LogP contribution is -2.46. The van der Waals surface area contributed by atoms with Crippen LogP contribution in [-0.4, -0.2) is 89.6 Å². The highest BCUT2D eigenvalue weighted by Gasteiger charge is 2.41. The van der Waals surface area contributed by atoms with Gasteiger partial charge in [0.05, 0.1) is 18.0 Å². The minimum atomic E-state index is -4.61. The van der Waals surface area contributed by atoms with E-state index in [0.717, 1.165) is 34.4 Å². The summed E-state index contributed by atoms with van der Waals surface area (Å²) in [6, 6.07) is 20.1. The predicted molar refractivity (Wildman–Crippen MR) is 277 cm³/mol. The third kappa shape index (κ3) is 17.3. The van der Waals surface area contributed by atoms with E-state index in [1.807, 2.05) is 13.8 Å². The van der Waals surface area contributed by atoms with Gasteiger partial charge in [-0.05, 0) is 148 Å². The maximum atomic E-state index is 13.3. The number of hydrogen-bond donors (Lipinski definition) is 3. The summed E-state index contributed by atoms with van der Waals surface area (Å²) in [7, 11) is 0. The molecule has 4 aromatic carbocycles. The lowest BCUT2D eigenvalue weighted by Gasteiger charge is -2.23. The Morgan fingerprint density at radius 3 is 1.40 bits per heavy atom. The van der Waals surface area contributed by atoms with Gasteiger partial charge in [0.1, 0.15) is 19.6 Å². The molecule has 4 aromatic rings. The molecule has 2 heterocycles. The van der Waals surface area contributed by atoms with Crippen LogP contribution in [0.1, 0.15) is 106 Å². The standard InChI is InChI=1S/C26H24Cl2F3N3O4.C22H20Cl2F3N3O3.C4H5ClO/c1-14-7-16(21-11-25(2,38-33-21)17-8-18(27)10-19(28)9-17)5-6-20(14)24(37)34(23(36)15-3-4-15)12-22(35)32-13-26(29,30)31;1-12-5-13(3-4-17(12)20(32)28-10-19(31)29-11-22(25,26)27)18-9-21(2,33-30-18)14-6-15(23)8-16(24)7-14;5-4(6)3-1-2-3/h5-10,15H,3-4,11-13H2,1-2H3,(H,32,35);3-8H,9-11H2,1-2H3,(H,28,32)(H,29,31);3H,1-2H2. The number of halogens is 11. The van der Waals surface area contributed by atoms with E-state index in [2.05, 4.69) is 15.6 Å². The Labute approximate surface area is 463 Å². The number of benzene rings is 4. The van der Waals surface area contributed by atoms with E-state index in [-0.39, 0.29) is 22.3 Å². The van der Waals surface area contributed by atoms with Gasteiger partial charge in [0.2, 0.25) is 23.0 Å². The maximum absolute atomic E-state index is 13.3. The van der Waals surface area contributed by atoms with Gasteiger partial charge in [0, 0.05) is 67.0 Å². The average Bonchev–Trinajstić information content (AvgIpc) is 4.29. The zero-order valence-corrected chi connectivity index (χ0v) is 45.2. The molecule has 2 atom stereocenters. The van der Waals surface area contributed by atoms with Gasteiger partial charge in [-0.3, -0.25) is 33.7 Å². The summed E-state index contributed by atoms with van der Waals surface area (Å²) in [5, 5.41) is 15.9. The number of alkyl halides is 6. The fourth-order valence-corrected chi connectivity index (χ4v) is 9.04.